The Bertz CT molecular complexity index is 1080. The van der Waals surface area contributed by atoms with Crippen molar-refractivity contribution in [1.82, 2.24) is 24.4 Å². The quantitative estimate of drug-likeness (QED) is 0.717. The van der Waals surface area contributed by atoms with Crippen LogP contribution < -0.4 is 5.32 Å². The number of aromatic nitrogens is 3. The zero-order valence-corrected chi connectivity index (χ0v) is 17.6. The van der Waals surface area contributed by atoms with E-state index in [1.165, 1.54) is 0 Å². The van der Waals surface area contributed by atoms with Gasteiger partial charge in [-0.1, -0.05) is 18.2 Å². The van der Waals surface area contributed by atoms with E-state index < -0.39 is 0 Å². The van der Waals surface area contributed by atoms with Crippen LogP contribution in [-0.4, -0.2) is 68.9 Å². The van der Waals surface area contributed by atoms with Gasteiger partial charge in [0.15, 0.2) is 5.65 Å². The molecule has 0 spiro atoms. The Morgan fingerprint density at radius 1 is 1.03 bits per heavy atom. The molecule has 2 aromatic heterocycles. The van der Waals surface area contributed by atoms with E-state index >= 15 is 0 Å². The molecule has 1 N–H and O–H groups in total. The molecule has 3 aromatic rings. The topological polar surface area (TPSA) is 82.8 Å². The van der Waals surface area contributed by atoms with E-state index in [1.54, 1.807) is 23.0 Å². The number of carbonyl (C=O) groups is 2. The molecule has 1 aromatic carbocycles. The molecule has 1 aliphatic heterocycles. The highest BCUT2D eigenvalue weighted by Gasteiger charge is 2.27. The van der Waals surface area contributed by atoms with Gasteiger partial charge in [0.1, 0.15) is 5.56 Å². The summed E-state index contributed by atoms with van der Waals surface area (Å²) >= 11 is 0. The number of rotatable bonds is 4. The summed E-state index contributed by atoms with van der Waals surface area (Å²) in [5, 5.41) is 7.41. The van der Waals surface area contributed by atoms with Crippen LogP contribution in [0.25, 0.3) is 5.65 Å². The maximum Gasteiger partial charge on any atom is 0.259 e. The average Bonchev–Trinajstić information content (AvgIpc) is 3.06. The van der Waals surface area contributed by atoms with E-state index in [-0.39, 0.29) is 11.8 Å². The maximum absolute atomic E-state index is 13.1. The van der Waals surface area contributed by atoms with Gasteiger partial charge >= 0.3 is 0 Å². The van der Waals surface area contributed by atoms with Gasteiger partial charge in [0.2, 0.25) is 5.91 Å². The summed E-state index contributed by atoms with van der Waals surface area (Å²) in [5.74, 6) is -0.0873. The van der Waals surface area contributed by atoms with Crippen molar-refractivity contribution in [2.24, 2.45) is 0 Å². The summed E-state index contributed by atoms with van der Waals surface area (Å²) in [7, 11) is 0. The summed E-state index contributed by atoms with van der Waals surface area (Å²) in [6.07, 6.45) is 3.46. The van der Waals surface area contributed by atoms with E-state index in [1.807, 2.05) is 43.9 Å². The van der Waals surface area contributed by atoms with Gasteiger partial charge in [-0.05, 0) is 38.0 Å². The number of nitrogens with one attached hydrogen (secondary N) is 1. The number of benzene rings is 1. The minimum Gasteiger partial charge on any atom is -0.336 e. The molecule has 3 heterocycles. The van der Waals surface area contributed by atoms with Crippen molar-refractivity contribution in [2.45, 2.75) is 20.8 Å². The molecular weight excluding hydrogens is 380 g/mol. The van der Waals surface area contributed by atoms with Crippen molar-refractivity contribution >= 4 is 23.1 Å². The minimum atomic E-state index is -0.0548. The molecule has 0 atom stereocenters. The normalized spacial score (nSPS) is 14.8. The fourth-order valence-corrected chi connectivity index (χ4v) is 3.91. The third kappa shape index (κ3) is 3.91. The second kappa shape index (κ2) is 8.23. The number of fused-ring (bicyclic) bond motifs is 1. The van der Waals surface area contributed by atoms with E-state index in [2.05, 4.69) is 20.3 Å². The SMILES string of the molecule is Cc1cccc(C)c1NC(=O)CN1CCN(C(=O)c2c(C)nn3cccnc23)CC1. The largest absolute Gasteiger partial charge is 0.336 e. The molecule has 1 aliphatic rings. The van der Waals surface area contributed by atoms with E-state index in [0.29, 0.717) is 49.6 Å². The Morgan fingerprint density at radius 3 is 2.43 bits per heavy atom. The first-order chi connectivity index (χ1) is 14.4. The zero-order valence-electron chi connectivity index (χ0n) is 17.6. The summed E-state index contributed by atoms with van der Waals surface area (Å²) < 4.78 is 1.64. The molecule has 0 aliphatic carbocycles. The number of nitrogens with zero attached hydrogens (tertiary/aromatic N) is 5. The van der Waals surface area contributed by atoms with Crippen LogP contribution in [0.5, 0.6) is 0 Å². The number of amides is 2. The second-order valence-corrected chi connectivity index (χ2v) is 7.73. The fourth-order valence-electron chi connectivity index (χ4n) is 3.91. The minimum absolute atomic E-state index is 0.0325. The van der Waals surface area contributed by atoms with Crippen molar-refractivity contribution in [2.75, 3.05) is 38.0 Å². The molecule has 1 fully saturated rings. The standard InChI is InChI=1S/C22H26N6O2/c1-15-6-4-7-16(2)20(15)24-18(29)14-26-10-12-27(13-11-26)22(30)19-17(3)25-28-9-5-8-23-21(19)28/h4-9H,10-14H2,1-3H3,(H,24,29). The summed E-state index contributed by atoms with van der Waals surface area (Å²) in [6.45, 7) is 8.56. The molecule has 0 unspecified atom stereocenters. The van der Waals surface area contributed by atoms with Crippen molar-refractivity contribution in [3.05, 3.63) is 59.0 Å². The lowest BCUT2D eigenvalue weighted by molar-refractivity contribution is -0.117. The molecule has 8 nitrogen and oxygen atoms in total. The molecule has 0 radical (unpaired) electrons. The van der Waals surface area contributed by atoms with Crippen LogP contribution in [0.2, 0.25) is 0 Å². The Morgan fingerprint density at radius 2 is 1.73 bits per heavy atom. The van der Waals surface area contributed by atoms with Gasteiger partial charge in [-0.3, -0.25) is 14.5 Å². The third-order valence-corrected chi connectivity index (χ3v) is 5.56. The van der Waals surface area contributed by atoms with E-state index in [4.69, 9.17) is 0 Å². The zero-order chi connectivity index (χ0) is 21.3. The first kappa shape index (κ1) is 20.0. The number of aryl methyl sites for hydroxylation is 3. The fraction of sp³-hybridized carbons (Fsp3) is 0.364. The van der Waals surface area contributed by atoms with Gasteiger partial charge in [-0.15, -0.1) is 0 Å². The predicted octanol–water partition coefficient (Wildman–Crippen LogP) is 2.05. The van der Waals surface area contributed by atoms with Crippen LogP contribution >= 0.6 is 0 Å². The van der Waals surface area contributed by atoms with Gasteiger partial charge in [-0.2, -0.15) is 5.10 Å². The van der Waals surface area contributed by atoms with Crippen molar-refractivity contribution in [3.63, 3.8) is 0 Å². The number of piperazine rings is 1. The lowest BCUT2D eigenvalue weighted by atomic mass is 10.1. The van der Waals surface area contributed by atoms with Crippen LogP contribution in [0.15, 0.2) is 36.7 Å². The number of anilines is 1. The van der Waals surface area contributed by atoms with Crippen LogP contribution in [-0.2, 0) is 4.79 Å². The highest BCUT2D eigenvalue weighted by molar-refractivity contribution is 6.01. The third-order valence-electron chi connectivity index (χ3n) is 5.56. The molecule has 1 saturated heterocycles. The average molecular weight is 406 g/mol. The molecular formula is C22H26N6O2. The van der Waals surface area contributed by atoms with Crippen molar-refractivity contribution in [3.8, 4) is 0 Å². The monoisotopic (exact) mass is 406 g/mol. The molecule has 30 heavy (non-hydrogen) atoms. The van der Waals surface area contributed by atoms with Gasteiger partial charge in [0, 0.05) is 44.3 Å². The Labute approximate surface area is 175 Å². The van der Waals surface area contributed by atoms with Crippen LogP contribution in [0, 0.1) is 20.8 Å². The highest BCUT2D eigenvalue weighted by Crippen LogP contribution is 2.20. The first-order valence-electron chi connectivity index (χ1n) is 10.1. The molecule has 8 heteroatoms. The summed E-state index contributed by atoms with van der Waals surface area (Å²) in [4.78, 5) is 33.8. The highest BCUT2D eigenvalue weighted by atomic mass is 16.2. The van der Waals surface area contributed by atoms with E-state index in [0.717, 1.165) is 16.8 Å². The Kier molecular flexibility index (Phi) is 5.50. The smallest absolute Gasteiger partial charge is 0.259 e. The van der Waals surface area contributed by atoms with Gasteiger partial charge < -0.3 is 10.2 Å². The van der Waals surface area contributed by atoms with Gasteiger partial charge in [0.25, 0.3) is 5.91 Å². The van der Waals surface area contributed by atoms with Crippen molar-refractivity contribution < 1.29 is 9.59 Å². The van der Waals surface area contributed by atoms with Crippen LogP contribution in [0.4, 0.5) is 5.69 Å². The number of carbonyl (C=O) groups excluding carboxylic acids is 2. The summed E-state index contributed by atoms with van der Waals surface area (Å²) in [5.41, 5.74) is 4.79. The molecule has 2 amide bonds. The molecule has 156 valence electrons. The molecule has 0 saturated carbocycles. The predicted molar refractivity (Wildman–Crippen MR) is 115 cm³/mol. The van der Waals surface area contributed by atoms with E-state index in [9.17, 15) is 9.59 Å². The first-order valence-corrected chi connectivity index (χ1v) is 10.1. The lowest BCUT2D eigenvalue weighted by Gasteiger charge is -2.34. The number of hydrogen-bond donors (Lipinski definition) is 1. The summed E-state index contributed by atoms with van der Waals surface area (Å²) in [6, 6.07) is 7.75. The van der Waals surface area contributed by atoms with Crippen molar-refractivity contribution in [1.29, 1.82) is 0 Å². The lowest BCUT2D eigenvalue weighted by Crippen LogP contribution is -2.50. The van der Waals surface area contributed by atoms with Crippen LogP contribution in [0.3, 0.4) is 0 Å². The number of para-hydroxylation sites is 1. The Balaban J connectivity index is 1.36. The van der Waals surface area contributed by atoms with Crippen LogP contribution in [0.1, 0.15) is 27.2 Å². The maximum atomic E-state index is 13.1. The molecule has 0 bridgehead atoms. The Hall–Kier alpha value is -3.26. The second-order valence-electron chi connectivity index (χ2n) is 7.73. The number of hydrogen-bond acceptors (Lipinski definition) is 5. The van der Waals surface area contributed by atoms with Gasteiger partial charge in [0.05, 0.1) is 12.2 Å². The molecule has 4 rings (SSSR count). The van der Waals surface area contributed by atoms with Gasteiger partial charge in [-0.25, -0.2) is 9.50 Å².